The van der Waals surface area contributed by atoms with Gasteiger partial charge in [0.25, 0.3) is 0 Å². The van der Waals surface area contributed by atoms with Crippen molar-refractivity contribution >= 4 is 21.8 Å². The van der Waals surface area contributed by atoms with Crippen LogP contribution in [0.3, 0.4) is 0 Å². The summed E-state index contributed by atoms with van der Waals surface area (Å²) in [5, 5.41) is 8.88. The molecule has 0 aliphatic heterocycles. The standard InChI is InChI=1S/C18H23NO5S/c1-17(2)14-7-8-18(17,15(20)9-14)11-25(23,24)19-10-12-3-5-13(6-4-12)16(21)22/h3-6,14,19H,7-11H2,1-2H3,(H,21,22)/t14-,18-/m0/s1. The Balaban J connectivity index is 1.70. The average molecular weight is 365 g/mol. The third-order valence-corrected chi connectivity index (χ3v) is 7.73. The van der Waals surface area contributed by atoms with Crippen LogP contribution in [0.5, 0.6) is 0 Å². The van der Waals surface area contributed by atoms with Crippen LogP contribution in [0, 0.1) is 16.7 Å². The van der Waals surface area contributed by atoms with Gasteiger partial charge in [0.1, 0.15) is 5.78 Å². The van der Waals surface area contributed by atoms with Crippen molar-refractivity contribution in [1.82, 2.24) is 4.72 Å². The first-order valence-corrected chi connectivity index (χ1v) is 10.1. The highest BCUT2D eigenvalue weighted by molar-refractivity contribution is 7.89. The number of aromatic carboxylic acids is 1. The lowest BCUT2D eigenvalue weighted by atomic mass is 9.70. The van der Waals surface area contributed by atoms with Crippen molar-refractivity contribution in [3.63, 3.8) is 0 Å². The summed E-state index contributed by atoms with van der Waals surface area (Å²) in [6.45, 7) is 4.10. The highest BCUT2D eigenvalue weighted by atomic mass is 32.2. The van der Waals surface area contributed by atoms with E-state index in [4.69, 9.17) is 5.11 Å². The number of ketones is 1. The molecule has 2 N–H and O–H groups in total. The van der Waals surface area contributed by atoms with Gasteiger partial charge in [-0.05, 0) is 41.9 Å². The smallest absolute Gasteiger partial charge is 0.335 e. The maximum atomic E-state index is 12.6. The molecular weight excluding hydrogens is 342 g/mol. The average Bonchev–Trinajstić information content (AvgIpc) is 2.87. The predicted octanol–water partition coefficient (Wildman–Crippen LogP) is 2.20. The number of carboxylic acid groups (broad SMARTS) is 1. The van der Waals surface area contributed by atoms with Gasteiger partial charge in [-0.15, -0.1) is 0 Å². The molecule has 0 radical (unpaired) electrons. The van der Waals surface area contributed by atoms with Gasteiger partial charge in [-0.2, -0.15) is 0 Å². The normalized spacial score (nSPS) is 27.6. The second-order valence-electron chi connectivity index (χ2n) is 7.75. The van der Waals surface area contributed by atoms with Crippen molar-refractivity contribution in [3.05, 3.63) is 35.4 Å². The fourth-order valence-corrected chi connectivity index (χ4v) is 6.26. The van der Waals surface area contributed by atoms with E-state index in [2.05, 4.69) is 4.72 Å². The summed E-state index contributed by atoms with van der Waals surface area (Å²) in [5.41, 5.74) is -0.244. The second kappa shape index (κ2) is 5.92. The molecule has 0 spiro atoms. The van der Waals surface area contributed by atoms with E-state index in [0.29, 0.717) is 18.4 Å². The van der Waals surface area contributed by atoms with Gasteiger partial charge < -0.3 is 5.11 Å². The molecule has 1 aromatic carbocycles. The molecular formula is C18H23NO5S. The number of hydrogen-bond acceptors (Lipinski definition) is 4. The van der Waals surface area contributed by atoms with Gasteiger partial charge in [-0.3, -0.25) is 4.79 Å². The second-order valence-corrected chi connectivity index (χ2v) is 9.56. The molecule has 2 fully saturated rings. The SMILES string of the molecule is CC1(C)[C@H]2CC[C@]1(CS(=O)(=O)NCc1ccc(C(=O)O)cc1)C(=O)C2. The van der Waals surface area contributed by atoms with E-state index in [1.165, 1.54) is 12.1 Å². The summed E-state index contributed by atoms with van der Waals surface area (Å²) in [4.78, 5) is 23.3. The number of carbonyl (C=O) groups is 2. The molecule has 136 valence electrons. The summed E-state index contributed by atoms with van der Waals surface area (Å²) >= 11 is 0. The number of carboxylic acids is 1. The first kappa shape index (κ1) is 18.1. The molecule has 2 aliphatic rings. The van der Waals surface area contributed by atoms with Crippen LogP contribution in [0.15, 0.2) is 24.3 Å². The van der Waals surface area contributed by atoms with E-state index >= 15 is 0 Å². The summed E-state index contributed by atoms with van der Waals surface area (Å²) in [5.74, 6) is -0.845. The lowest BCUT2D eigenvalue weighted by Crippen LogP contribution is -2.45. The topological polar surface area (TPSA) is 101 Å². The molecule has 0 heterocycles. The molecule has 0 aromatic heterocycles. The summed E-state index contributed by atoms with van der Waals surface area (Å²) in [6, 6.07) is 6.05. The number of fused-ring (bicyclic) bond motifs is 2. The van der Waals surface area contributed by atoms with Gasteiger partial charge in [-0.1, -0.05) is 26.0 Å². The molecule has 0 unspecified atom stereocenters. The van der Waals surface area contributed by atoms with Gasteiger partial charge in [0, 0.05) is 18.4 Å². The molecule has 1 aromatic rings. The predicted molar refractivity (Wildman–Crippen MR) is 92.6 cm³/mol. The van der Waals surface area contributed by atoms with Gasteiger partial charge in [0.05, 0.1) is 11.3 Å². The Hall–Kier alpha value is -1.73. The van der Waals surface area contributed by atoms with Gasteiger partial charge in [0.2, 0.25) is 10.0 Å². The number of Topliss-reactive ketones (excluding diaryl/α,β-unsaturated/α-hetero) is 1. The highest BCUT2D eigenvalue weighted by Gasteiger charge is 2.65. The van der Waals surface area contributed by atoms with Crippen molar-refractivity contribution in [2.45, 2.75) is 39.7 Å². The van der Waals surface area contributed by atoms with Gasteiger partial charge in [0.15, 0.2) is 0 Å². The van der Waals surface area contributed by atoms with Gasteiger partial charge >= 0.3 is 5.97 Å². The Morgan fingerprint density at radius 1 is 1.28 bits per heavy atom. The van der Waals surface area contributed by atoms with E-state index in [9.17, 15) is 18.0 Å². The molecule has 25 heavy (non-hydrogen) atoms. The van der Waals surface area contributed by atoms with Crippen molar-refractivity contribution < 1.29 is 23.1 Å². The lowest BCUT2D eigenvalue weighted by molar-refractivity contribution is -0.128. The van der Waals surface area contributed by atoms with Crippen LogP contribution in [0.2, 0.25) is 0 Å². The maximum Gasteiger partial charge on any atom is 0.335 e. The fourth-order valence-electron chi connectivity index (χ4n) is 4.44. The Bertz CT molecular complexity index is 812. The summed E-state index contributed by atoms with van der Waals surface area (Å²) in [7, 11) is -3.62. The highest BCUT2D eigenvalue weighted by Crippen LogP contribution is 2.64. The molecule has 2 atom stereocenters. The van der Waals surface area contributed by atoms with Crippen LogP contribution in [-0.4, -0.2) is 31.0 Å². The number of hydrogen-bond donors (Lipinski definition) is 2. The zero-order valence-corrected chi connectivity index (χ0v) is 15.2. The molecule has 6 nitrogen and oxygen atoms in total. The zero-order valence-electron chi connectivity index (χ0n) is 14.4. The van der Waals surface area contributed by atoms with Crippen LogP contribution >= 0.6 is 0 Å². The van der Waals surface area contributed by atoms with Crippen molar-refractivity contribution in [3.8, 4) is 0 Å². The number of sulfonamides is 1. The lowest BCUT2D eigenvalue weighted by Gasteiger charge is -2.36. The molecule has 0 amide bonds. The first-order chi connectivity index (χ1) is 11.6. The molecule has 7 heteroatoms. The molecule has 0 saturated heterocycles. The van der Waals surface area contributed by atoms with E-state index < -0.39 is 21.4 Å². The number of rotatable bonds is 6. The Kier molecular flexibility index (Phi) is 4.28. The quantitative estimate of drug-likeness (QED) is 0.805. The fraction of sp³-hybridized carbons (Fsp3) is 0.556. The minimum Gasteiger partial charge on any atom is -0.478 e. The van der Waals surface area contributed by atoms with E-state index in [0.717, 1.165) is 6.42 Å². The van der Waals surface area contributed by atoms with Crippen LogP contribution in [0.4, 0.5) is 0 Å². The van der Waals surface area contributed by atoms with Crippen LogP contribution < -0.4 is 4.72 Å². The monoisotopic (exact) mass is 365 g/mol. The van der Waals surface area contributed by atoms with Crippen molar-refractivity contribution in [2.75, 3.05) is 5.75 Å². The minimum absolute atomic E-state index is 0.0740. The number of nitrogens with one attached hydrogen (secondary N) is 1. The van der Waals surface area contributed by atoms with Crippen LogP contribution in [0.1, 0.15) is 49.0 Å². The summed E-state index contributed by atoms with van der Waals surface area (Å²) < 4.78 is 27.7. The molecule has 2 saturated carbocycles. The Morgan fingerprint density at radius 2 is 1.92 bits per heavy atom. The zero-order chi connectivity index (χ0) is 18.5. The van der Waals surface area contributed by atoms with Crippen LogP contribution in [-0.2, 0) is 21.4 Å². The molecule has 2 bridgehead atoms. The first-order valence-electron chi connectivity index (χ1n) is 8.40. The molecule has 2 aliphatic carbocycles. The van der Waals surface area contributed by atoms with E-state index in [1.54, 1.807) is 12.1 Å². The Morgan fingerprint density at radius 3 is 2.40 bits per heavy atom. The largest absolute Gasteiger partial charge is 0.478 e. The third kappa shape index (κ3) is 3.00. The third-order valence-electron chi connectivity index (χ3n) is 6.27. The number of benzene rings is 1. The van der Waals surface area contributed by atoms with Crippen molar-refractivity contribution in [1.29, 1.82) is 0 Å². The summed E-state index contributed by atoms with van der Waals surface area (Å²) in [6.07, 6.45) is 2.03. The van der Waals surface area contributed by atoms with E-state index in [1.807, 2.05) is 13.8 Å². The van der Waals surface area contributed by atoms with E-state index in [-0.39, 0.29) is 35.0 Å². The van der Waals surface area contributed by atoms with Crippen LogP contribution in [0.25, 0.3) is 0 Å². The number of carbonyl (C=O) groups excluding carboxylic acids is 1. The maximum absolute atomic E-state index is 12.6. The van der Waals surface area contributed by atoms with Crippen molar-refractivity contribution in [2.24, 2.45) is 16.7 Å². The molecule has 3 rings (SSSR count). The minimum atomic E-state index is -3.62. The van der Waals surface area contributed by atoms with Gasteiger partial charge in [-0.25, -0.2) is 17.9 Å². The Labute approximate surface area is 147 Å².